The van der Waals surface area contributed by atoms with Crippen molar-refractivity contribution in [1.82, 2.24) is 5.32 Å². The van der Waals surface area contributed by atoms with Crippen molar-refractivity contribution in [3.05, 3.63) is 43.8 Å². The fraction of sp³-hybridized carbons (Fsp3) is 0.375. The summed E-state index contributed by atoms with van der Waals surface area (Å²) in [6.45, 7) is 5.89. The van der Waals surface area contributed by atoms with E-state index in [2.05, 4.69) is 5.32 Å². The van der Waals surface area contributed by atoms with Gasteiger partial charge in [-0.25, -0.2) is 0 Å². The molecule has 1 amide bonds. The molecule has 5 heteroatoms. The maximum absolute atomic E-state index is 12.1. The summed E-state index contributed by atoms with van der Waals surface area (Å²) in [7, 11) is 0. The van der Waals surface area contributed by atoms with Crippen LogP contribution >= 0.6 is 22.7 Å². The third kappa shape index (κ3) is 4.25. The molecule has 0 radical (unpaired) electrons. The Kier molecular flexibility index (Phi) is 5.31. The Hall–Kier alpha value is -1.46. The van der Waals surface area contributed by atoms with E-state index in [-0.39, 0.29) is 30.6 Å². The van der Waals surface area contributed by atoms with Crippen LogP contribution in [0.2, 0.25) is 0 Å². The van der Waals surface area contributed by atoms with Crippen LogP contribution in [-0.2, 0) is 4.79 Å². The molecule has 1 N–H and O–H groups in total. The first-order valence-corrected chi connectivity index (χ1v) is 8.60. The van der Waals surface area contributed by atoms with Crippen molar-refractivity contribution in [2.75, 3.05) is 0 Å². The van der Waals surface area contributed by atoms with Crippen molar-refractivity contribution in [3.8, 4) is 0 Å². The molecule has 2 heterocycles. The SMILES string of the molecule is Cc1cc(C(=O)CCC(=O)N[C@H](C)c2cccs2)c(C)s1. The first kappa shape index (κ1) is 15.9. The van der Waals surface area contributed by atoms with E-state index < -0.39 is 0 Å². The van der Waals surface area contributed by atoms with Crippen LogP contribution in [-0.4, -0.2) is 11.7 Å². The topological polar surface area (TPSA) is 46.2 Å². The molecule has 0 bridgehead atoms. The van der Waals surface area contributed by atoms with Crippen molar-refractivity contribution in [3.63, 3.8) is 0 Å². The van der Waals surface area contributed by atoms with Crippen LogP contribution in [0.15, 0.2) is 23.6 Å². The predicted molar refractivity (Wildman–Crippen MR) is 88.2 cm³/mol. The molecule has 0 unspecified atom stereocenters. The molecule has 0 aliphatic carbocycles. The van der Waals surface area contributed by atoms with E-state index in [1.54, 1.807) is 22.7 Å². The van der Waals surface area contributed by atoms with Crippen molar-refractivity contribution in [2.24, 2.45) is 0 Å². The highest BCUT2D eigenvalue weighted by Gasteiger charge is 2.15. The summed E-state index contributed by atoms with van der Waals surface area (Å²) in [5, 5.41) is 4.92. The van der Waals surface area contributed by atoms with Crippen LogP contribution in [0.5, 0.6) is 0 Å². The maximum Gasteiger partial charge on any atom is 0.220 e. The number of thiophene rings is 2. The number of hydrogen-bond donors (Lipinski definition) is 1. The number of rotatable bonds is 6. The molecule has 0 saturated heterocycles. The van der Waals surface area contributed by atoms with Crippen molar-refractivity contribution in [1.29, 1.82) is 0 Å². The summed E-state index contributed by atoms with van der Waals surface area (Å²) in [5.74, 6) is -0.0235. The van der Waals surface area contributed by atoms with Crippen LogP contribution in [0.1, 0.15) is 50.8 Å². The summed E-state index contributed by atoms with van der Waals surface area (Å²) in [4.78, 5) is 27.3. The molecule has 2 aromatic heterocycles. The van der Waals surface area contributed by atoms with E-state index in [9.17, 15) is 9.59 Å². The minimum absolute atomic E-state index is 0.00210. The van der Waals surface area contributed by atoms with Gasteiger partial charge in [-0.3, -0.25) is 9.59 Å². The fourth-order valence-electron chi connectivity index (χ4n) is 2.19. The molecule has 0 fully saturated rings. The molecule has 3 nitrogen and oxygen atoms in total. The average Bonchev–Trinajstić information content (AvgIpc) is 3.05. The molecule has 2 aromatic rings. The molecule has 0 aliphatic heterocycles. The van der Waals surface area contributed by atoms with Gasteiger partial charge < -0.3 is 5.32 Å². The van der Waals surface area contributed by atoms with Gasteiger partial charge in [0.1, 0.15) is 0 Å². The van der Waals surface area contributed by atoms with Crippen LogP contribution < -0.4 is 5.32 Å². The number of ketones is 1. The maximum atomic E-state index is 12.1. The van der Waals surface area contributed by atoms with E-state index in [1.807, 2.05) is 44.4 Å². The highest BCUT2D eigenvalue weighted by atomic mass is 32.1. The molecule has 0 spiro atoms. The molecule has 0 aliphatic rings. The second-order valence-corrected chi connectivity index (χ2v) is 7.49. The van der Waals surface area contributed by atoms with Gasteiger partial charge in [-0.1, -0.05) is 6.07 Å². The van der Waals surface area contributed by atoms with Gasteiger partial charge in [0.25, 0.3) is 0 Å². The third-order valence-corrected chi connectivity index (χ3v) is 5.29. The Morgan fingerprint density at radius 3 is 2.62 bits per heavy atom. The Balaban J connectivity index is 1.84. The minimum atomic E-state index is -0.0751. The molecular formula is C16H19NO2S2. The third-order valence-electron chi connectivity index (χ3n) is 3.27. The lowest BCUT2D eigenvalue weighted by Crippen LogP contribution is -2.26. The van der Waals surface area contributed by atoms with Gasteiger partial charge in [0, 0.05) is 33.0 Å². The molecular weight excluding hydrogens is 302 g/mol. The quantitative estimate of drug-likeness (QED) is 0.808. The predicted octanol–water partition coefficient (Wildman–Crippen LogP) is 4.27. The highest BCUT2D eigenvalue weighted by Crippen LogP contribution is 2.22. The average molecular weight is 321 g/mol. The monoisotopic (exact) mass is 321 g/mol. The molecule has 1 atom stereocenters. The Bertz CT molecular complexity index is 629. The summed E-state index contributed by atoms with van der Waals surface area (Å²) >= 11 is 3.24. The lowest BCUT2D eigenvalue weighted by Gasteiger charge is -2.11. The number of hydrogen-bond acceptors (Lipinski definition) is 4. The zero-order chi connectivity index (χ0) is 15.4. The van der Waals surface area contributed by atoms with Crippen LogP contribution in [0, 0.1) is 13.8 Å². The van der Waals surface area contributed by atoms with Crippen molar-refractivity contribution < 1.29 is 9.59 Å². The van der Waals surface area contributed by atoms with Crippen LogP contribution in [0.4, 0.5) is 0 Å². The Morgan fingerprint density at radius 2 is 2.05 bits per heavy atom. The number of nitrogens with one attached hydrogen (secondary N) is 1. The molecule has 112 valence electrons. The Morgan fingerprint density at radius 1 is 1.29 bits per heavy atom. The first-order valence-electron chi connectivity index (χ1n) is 6.90. The highest BCUT2D eigenvalue weighted by molar-refractivity contribution is 7.12. The zero-order valence-electron chi connectivity index (χ0n) is 12.4. The number of aryl methyl sites for hydroxylation is 2. The minimum Gasteiger partial charge on any atom is -0.349 e. The van der Waals surface area contributed by atoms with E-state index >= 15 is 0 Å². The van der Waals surface area contributed by atoms with Crippen LogP contribution in [0.3, 0.4) is 0 Å². The van der Waals surface area contributed by atoms with E-state index in [4.69, 9.17) is 0 Å². The van der Waals surface area contributed by atoms with Gasteiger partial charge in [-0.05, 0) is 38.3 Å². The van der Waals surface area contributed by atoms with Crippen molar-refractivity contribution in [2.45, 2.75) is 39.7 Å². The lowest BCUT2D eigenvalue weighted by atomic mass is 10.1. The van der Waals surface area contributed by atoms with Gasteiger partial charge in [0.15, 0.2) is 5.78 Å². The Labute approximate surface area is 133 Å². The normalized spacial score (nSPS) is 12.1. The standard InChI is InChI=1S/C16H19NO2S2/c1-10-9-13(12(3)21-10)14(18)6-7-16(19)17-11(2)15-5-4-8-20-15/h4-5,8-9,11H,6-7H2,1-3H3,(H,17,19)/t11-/m1/s1. The van der Waals surface area contributed by atoms with Crippen LogP contribution in [0.25, 0.3) is 0 Å². The van der Waals surface area contributed by atoms with Crippen molar-refractivity contribution >= 4 is 34.4 Å². The van der Waals surface area contributed by atoms with E-state index in [0.717, 1.165) is 20.2 Å². The summed E-state index contributed by atoms with van der Waals surface area (Å²) < 4.78 is 0. The largest absolute Gasteiger partial charge is 0.349 e. The summed E-state index contributed by atoms with van der Waals surface area (Å²) in [6.07, 6.45) is 0.503. The van der Waals surface area contributed by atoms with Gasteiger partial charge >= 0.3 is 0 Å². The zero-order valence-corrected chi connectivity index (χ0v) is 14.1. The number of carbonyl (C=O) groups excluding carboxylic acids is 2. The molecule has 2 rings (SSSR count). The van der Waals surface area contributed by atoms with E-state index in [1.165, 1.54) is 0 Å². The lowest BCUT2D eigenvalue weighted by molar-refractivity contribution is -0.121. The van der Waals surface area contributed by atoms with E-state index in [0.29, 0.717) is 0 Å². The van der Waals surface area contributed by atoms with Gasteiger partial charge in [-0.2, -0.15) is 0 Å². The second-order valence-electron chi connectivity index (χ2n) is 5.05. The number of Topliss-reactive ketones (excluding diaryl/α,β-unsaturated/α-hetero) is 1. The van der Waals surface area contributed by atoms with Gasteiger partial charge in [0.2, 0.25) is 5.91 Å². The molecule has 21 heavy (non-hydrogen) atoms. The van der Waals surface area contributed by atoms with Gasteiger partial charge in [-0.15, -0.1) is 22.7 Å². The van der Waals surface area contributed by atoms with Gasteiger partial charge in [0.05, 0.1) is 6.04 Å². The smallest absolute Gasteiger partial charge is 0.220 e. The first-order chi connectivity index (χ1) is 9.97. The molecule has 0 aromatic carbocycles. The fourth-order valence-corrected chi connectivity index (χ4v) is 3.87. The number of amides is 1. The summed E-state index contributed by atoms with van der Waals surface area (Å²) in [5.41, 5.74) is 0.761. The molecule has 0 saturated carbocycles. The summed E-state index contributed by atoms with van der Waals surface area (Å²) in [6, 6.07) is 5.87. The second kappa shape index (κ2) is 7.00. The number of carbonyl (C=O) groups is 2.